The van der Waals surface area contributed by atoms with Gasteiger partial charge >= 0.3 is 0 Å². The highest BCUT2D eigenvalue weighted by Gasteiger charge is 2.04. The smallest absolute Gasteiger partial charge is 0.216 e. The number of H-pyrrole nitrogens is 1. The zero-order chi connectivity index (χ0) is 19.1. The molecule has 1 aromatic heterocycles. The van der Waals surface area contributed by atoms with Gasteiger partial charge in [0.15, 0.2) is 5.82 Å². The summed E-state index contributed by atoms with van der Waals surface area (Å²) in [7, 11) is 0. The van der Waals surface area contributed by atoms with Crippen molar-refractivity contribution < 1.29 is 4.74 Å². The Kier molecular flexibility index (Phi) is 6.54. The molecule has 0 aliphatic carbocycles. The van der Waals surface area contributed by atoms with Crippen LogP contribution in [-0.4, -0.2) is 21.1 Å². The first kappa shape index (κ1) is 19.0. The van der Waals surface area contributed by atoms with Crippen molar-refractivity contribution >= 4 is 18.4 Å². The number of hydrogen-bond acceptors (Lipinski definition) is 4. The fourth-order valence-corrected chi connectivity index (χ4v) is 2.85. The van der Waals surface area contributed by atoms with E-state index in [1.807, 2.05) is 36.4 Å². The number of benzene rings is 2. The molecule has 5 nitrogen and oxygen atoms in total. The summed E-state index contributed by atoms with van der Waals surface area (Å²) >= 11 is 5.26. The monoisotopic (exact) mass is 380 g/mol. The highest BCUT2D eigenvalue weighted by Crippen LogP contribution is 2.15. The first-order valence-corrected chi connectivity index (χ1v) is 9.56. The second kappa shape index (κ2) is 9.28. The van der Waals surface area contributed by atoms with E-state index in [0.717, 1.165) is 36.4 Å². The van der Waals surface area contributed by atoms with Gasteiger partial charge in [-0.05, 0) is 66.5 Å². The normalized spacial score (nSPS) is 11.2. The van der Waals surface area contributed by atoms with Crippen molar-refractivity contribution in [2.75, 3.05) is 0 Å². The molecule has 0 bridgehead atoms. The van der Waals surface area contributed by atoms with Gasteiger partial charge in [0.2, 0.25) is 4.77 Å². The van der Waals surface area contributed by atoms with Gasteiger partial charge in [-0.2, -0.15) is 14.9 Å². The standard InChI is InChI=1S/C21H24N4OS/c1-3-4-9-20-23-24-21(27)25(20)22-14-17-10-12-19(13-11-17)26-15-18-8-6-5-7-16(18)2/h5-8,10-14H,3-4,9,15H2,1-2H3,(H,24,27)/b22-14+. The molecule has 0 atom stereocenters. The van der Waals surface area contributed by atoms with E-state index < -0.39 is 0 Å². The van der Waals surface area contributed by atoms with E-state index in [0.29, 0.717) is 11.4 Å². The van der Waals surface area contributed by atoms with Crippen molar-refractivity contribution in [1.82, 2.24) is 14.9 Å². The van der Waals surface area contributed by atoms with Gasteiger partial charge in [0.05, 0.1) is 6.21 Å². The molecule has 0 saturated heterocycles. The number of rotatable bonds is 8. The molecule has 140 valence electrons. The van der Waals surface area contributed by atoms with E-state index in [1.54, 1.807) is 10.9 Å². The van der Waals surface area contributed by atoms with Crippen LogP contribution in [0.5, 0.6) is 5.75 Å². The molecule has 27 heavy (non-hydrogen) atoms. The number of aryl methyl sites for hydroxylation is 2. The zero-order valence-corrected chi connectivity index (χ0v) is 16.5. The van der Waals surface area contributed by atoms with Crippen LogP contribution in [0, 0.1) is 11.7 Å². The molecule has 0 radical (unpaired) electrons. The number of aromatic nitrogens is 3. The molecule has 0 unspecified atom stereocenters. The summed E-state index contributed by atoms with van der Waals surface area (Å²) in [6, 6.07) is 16.1. The lowest BCUT2D eigenvalue weighted by Crippen LogP contribution is -1.99. The van der Waals surface area contributed by atoms with Crippen LogP contribution in [0.4, 0.5) is 0 Å². The van der Waals surface area contributed by atoms with Crippen LogP contribution in [0.1, 0.15) is 42.3 Å². The Morgan fingerprint density at radius 3 is 2.70 bits per heavy atom. The van der Waals surface area contributed by atoms with E-state index in [2.05, 4.69) is 41.3 Å². The Labute approximate surface area is 164 Å². The van der Waals surface area contributed by atoms with E-state index >= 15 is 0 Å². The van der Waals surface area contributed by atoms with Crippen molar-refractivity contribution in [3.8, 4) is 5.75 Å². The average Bonchev–Trinajstić information content (AvgIpc) is 3.04. The number of nitrogens with one attached hydrogen (secondary N) is 1. The molecule has 1 heterocycles. The summed E-state index contributed by atoms with van der Waals surface area (Å²) in [6.07, 6.45) is 4.80. The van der Waals surface area contributed by atoms with Gasteiger partial charge in [0.25, 0.3) is 0 Å². The maximum atomic E-state index is 5.88. The fraction of sp³-hybridized carbons (Fsp3) is 0.286. The van der Waals surface area contributed by atoms with E-state index in [4.69, 9.17) is 17.0 Å². The summed E-state index contributed by atoms with van der Waals surface area (Å²) in [4.78, 5) is 0. The molecule has 6 heteroatoms. The second-order valence-electron chi connectivity index (χ2n) is 6.39. The summed E-state index contributed by atoms with van der Waals surface area (Å²) in [5.74, 6) is 1.69. The first-order valence-electron chi connectivity index (χ1n) is 9.15. The largest absolute Gasteiger partial charge is 0.489 e. The third-order valence-electron chi connectivity index (χ3n) is 4.33. The molecule has 0 fully saturated rings. The molecule has 0 amide bonds. The topological polar surface area (TPSA) is 55.2 Å². The van der Waals surface area contributed by atoms with Crippen LogP contribution in [-0.2, 0) is 13.0 Å². The van der Waals surface area contributed by atoms with Gasteiger partial charge in [0.1, 0.15) is 12.4 Å². The molecule has 1 N–H and O–H groups in total. The van der Waals surface area contributed by atoms with E-state index in [9.17, 15) is 0 Å². The van der Waals surface area contributed by atoms with Crippen molar-refractivity contribution in [2.45, 2.75) is 39.7 Å². The van der Waals surface area contributed by atoms with Crippen molar-refractivity contribution in [3.63, 3.8) is 0 Å². The van der Waals surface area contributed by atoms with Crippen molar-refractivity contribution in [3.05, 3.63) is 75.8 Å². The molecule has 3 aromatic rings. The molecular formula is C21H24N4OS. The molecule has 0 spiro atoms. The highest BCUT2D eigenvalue weighted by atomic mass is 32.1. The minimum Gasteiger partial charge on any atom is -0.489 e. The summed E-state index contributed by atoms with van der Waals surface area (Å²) in [6.45, 7) is 4.80. The molecular weight excluding hydrogens is 356 g/mol. The molecule has 3 rings (SSSR count). The summed E-state index contributed by atoms with van der Waals surface area (Å²) < 4.78 is 8.08. The Morgan fingerprint density at radius 2 is 1.96 bits per heavy atom. The lowest BCUT2D eigenvalue weighted by Gasteiger charge is -2.08. The summed E-state index contributed by atoms with van der Waals surface area (Å²) in [5, 5.41) is 11.5. The number of aromatic amines is 1. The maximum Gasteiger partial charge on any atom is 0.216 e. The van der Waals surface area contributed by atoms with Crippen LogP contribution in [0.3, 0.4) is 0 Å². The van der Waals surface area contributed by atoms with E-state index in [-0.39, 0.29) is 0 Å². The minimum absolute atomic E-state index is 0.510. The fourth-order valence-electron chi connectivity index (χ4n) is 2.65. The lowest BCUT2D eigenvalue weighted by atomic mass is 10.1. The highest BCUT2D eigenvalue weighted by molar-refractivity contribution is 7.71. The van der Waals surface area contributed by atoms with Crippen LogP contribution >= 0.6 is 12.2 Å². The first-order chi connectivity index (χ1) is 13.2. The van der Waals surface area contributed by atoms with Gasteiger partial charge in [-0.3, -0.25) is 5.10 Å². The molecule has 0 aliphatic heterocycles. The van der Waals surface area contributed by atoms with Crippen LogP contribution in [0.25, 0.3) is 0 Å². The third kappa shape index (κ3) is 5.14. The molecule has 2 aromatic carbocycles. The van der Waals surface area contributed by atoms with E-state index in [1.165, 1.54) is 11.1 Å². The minimum atomic E-state index is 0.510. The predicted octanol–water partition coefficient (Wildman–Crippen LogP) is 5.05. The SMILES string of the molecule is CCCCc1n[nH]c(=S)n1/N=C/c1ccc(OCc2ccccc2C)cc1. The molecule has 0 aliphatic rings. The van der Waals surface area contributed by atoms with Gasteiger partial charge in [-0.25, -0.2) is 0 Å². The Bertz CT molecular complexity index is 957. The average molecular weight is 381 g/mol. The lowest BCUT2D eigenvalue weighted by molar-refractivity contribution is 0.305. The van der Waals surface area contributed by atoms with Gasteiger partial charge in [-0.1, -0.05) is 37.6 Å². The number of unbranched alkanes of at least 4 members (excludes halogenated alkanes) is 1. The van der Waals surface area contributed by atoms with Gasteiger partial charge < -0.3 is 4.74 Å². The quantitative estimate of drug-likeness (QED) is 0.439. The molecule has 0 saturated carbocycles. The van der Waals surface area contributed by atoms with Crippen molar-refractivity contribution in [1.29, 1.82) is 0 Å². The zero-order valence-electron chi connectivity index (χ0n) is 15.7. The Hall–Kier alpha value is -2.73. The van der Waals surface area contributed by atoms with Crippen LogP contribution < -0.4 is 4.74 Å². The Morgan fingerprint density at radius 1 is 1.19 bits per heavy atom. The van der Waals surface area contributed by atoms with Gasteiger partial charge in [-0.15, -0.1) is 0 Å². The van der Waals surface area contributed by atoms with Crippen LogP contribution in [0.15, 0.2) is 53.6 Å². The number of nitrogens with zero attached hydrogens (tertiary/aromatic N) is 3. The Balaban J connectivity index is 1.64. The van der Waals surface area contributed by atoms with Crippen LogP contribution in [0.2, 0.25) is 0 Å². The van der Waals surface area contributed by atoms with Gasteiger partial charge in [0, 0.05) is 6.42 Å². The second-order valence-corrected chi connectivity index (χ2v) is 6.78. The number of hydrogen-bond donors (Lipinski definition) is 1. The number of ether oxygens (including phenoxy) is 1. The predicted molar refractivity (Wildman–Crippen MR) is 111 cm³/mol. The maximum absolute atomic E-state index is 5.88. The van der Waals surface area contributed by atoms with Crippen molar-refractivity contribution in [2.24, 2.45) is 5.10 Å². The summed E-state index contributed by atoms with van der Waals surface area (Å²) in [5.41, 5.74) is 3.40. The third-order valence-corrected chi connectivity index (χ3v) is 4.59.